The number of nitrogens with zero attached hydrogens (tertiary/aromatic N) is 1. The Labute approximate surface area is 112 Å². The van der Waals surface area contributed by atoms with Crippen LogP contribution in [0.5, 0.6) is 0 Å². The van der Waals surface area contributed by atoms with Crippen molar-refractivity contribution in [2.75, 3.05) is 13.1 Å². The van der Waals surface area contributed by atoms with E-state index in [4.69, 9.17) is 10.0 Å². The summed E-state index contributed by atoms with van der Waals surface area (Å²) in [5.41, 5.74) is 0.0234. The molecule has 1 heterocycles. The van der Waals surface area contributed by atoms with Gasteiger partial charge in [0, 0.05) is 13.1 Å². The number of benzene rings is 1. The Kier molecular flexibility index (Phi) is 4.22. The zero-order valence-electron chi connectivity index (χ0n) is 10.8. The van der Waals surface area contributed by atoms with Crippen LogP contribution in [0, 0.1) is 11.7 Å². The molecule has 0 spiro atoms. The molecular weight excluding hydrogens is 248 g/mol. The van der Waals surface area contributed by atoms with Crippen molar-refractivity contribution in [3.05, 3.63) is 29.6 Å². The predicted octanol–water partition coefficient (Wildman–Crippen LogP) is 0.378. The maximum absolute atomic E-state index is 13.7. The van der Waals surface area contributed by atoms with Crippen LogP contribution in [0.4, 0.5) is 4.39 Å². The maximum atomic E-state index is 13.7. The summed E-state index contributed by atoms with van der Waals surface area (Å²) >= 11 is 0. The van der Waals surface area contributed by atoms with Gasteiger partial charge in [-0.3, -0.25) is 4.79 Å². The third kappa shape index (κ3) is 3.14. The summed E-state index contributed by atoms with van der Waals surface area (Å²) in [6.07, 6.45) is 1.82. The molecule has 6 heteroatoms. The molecule has 19 heavy (non-hydrogen) atoms. The monoisotopic (exact) mass is 265 g/mol. The van der Waals surface area contributed by atoms with E-state index >= 15 is 0 Å². The highest BCUT2D eigenvalue weighted by molar-refractivity contribution is 6.58. The van der Waals surface area contributed by atoms with Gasteiger partial charge in [0.25, 0.3) is 5.91 Å². The van der Waals surface area contributed by atoms with Crippen LogP contribution in [0.15, 0.2) is 18.2 Å². The second-order valence-electron chi connectivity index (χ2n) is 5.09. The molecule has 1 saturated heterocycles. The third-order valence-corrected chi connectivity index (χ3v) is 3.59. The van der Waals surface area contributed by atoms with E-state index in [0.717, 1.165) is 18.9 Å². The first kappa shape index (κ1) is 14.0. The van der Waals surface area contributed by atoms with E-state index in [1.54, 1.807) is 4.90 Å². The van der Waals surface area contributed by atoms with E-state index in [0.29, 0.717) is 19.0 Å². The van der Waals surface area contributed by atoms with Gasteiger partial charge in [-0.15, -0.1) is 0 Å². The lowest BCUT2D eigenvalue weighted by molar-refractivity contribution is 0.0692. The molecule has 0 bridgehead atoms. The number of amides is 1. The van der Waals surface area contributed by atoms with E-state index in [1.807, 2.05) is 0 Å². The topological polar surface area (TPSA) is 60.8 Å². The Bertz CT molecular complexity index is 473. The highest BCUT2D eigenvalue weighted by Gasteiger charge is 2.25. The lowest BCUT2D eigenvalue weighted by atomic mass is 9.79. The van der Waals surface area contributed by atoms with Crippen molar-refractivity contribution in [1.29, 1.82) is 0 Å². The number of carbonyl (C=O) groups is 1. The summed E-state index contributed by atoms with van der Waals surface area (Å²) in [4.78, 5) is 13.8. The lowest BCUT2D eigenvalue weighted by Gasteiger charge is -2.30. The van der Waals surface area contributed by atoms with Crippen molar-refractivity contribution in [1.82, 2.24) is 4.90 Å². The highest BCUT2D eigenvalue weighted by atomic mass is 19.1. The Hall–Kier alpha value is -1.40. The molecule has 2 rings (SSSR count). The van der Waals surface area contributed by atoms with Gasteiger partial charge in [0.1, 0.15) is 5.82 Å². The van der Waals surface area contributed by atoms with Gasteiger partial charge < -0.3 is 14.9 Å². The quantitative estimate of drug-likeness (QED) is 0.760. The molecule has 1 amide bonds. The molecule has 1 aliphatic rings. The molecule has 1 aromatic rings. The number of halogens is 1. The van der Waals surface area contributed by atoms with E-state index in [-0.39, 0.29) is 16.9 Å². The summed E-state index contributed by atoms with van der Waals surface area (Å²) in [7, 11) is -1.70. The first-order chi connectivity index (χ1) is 8.99. The van der Waals surface area contributed by atoms with Gasteiger partial charge in [0.2, 0.25) is 0 Å². The molecule has 1 aliphatic heterocycles. The van der Waals surface area contributed by atoms with Crippen LogP contribution in [0.3, 0.4) is 0 Å². The lowest BCUT2D eigenvalue weighted by Crippen LogP contribution is -2.39. The SMILES string of the molecule is CC1CCN(C(=O)c2cc(B(O)O)ccc2F)CC1. The summed E-state index contributed by atoms with van der Waals surface area (Å²) < 4.78 is 13.7. The van der Waals surface area contributed by atoms with Crippen LogP contribution in [-0.2, 0) is 0 Å². The minimum absolute atomic E-state index is 0.0971. The highest BCUT2D eigenvalue weighted by Crippen LogP contribution is 2.19. The van der Waals surface area contributed by atoms with E-state index < -0.39 is 12.9 Å². The molecule has 102 valence electrons. The third-order valence-electron chi connectivity index (χ3n) is 3.59. The zero-order chi connectivity index (χ0) is 14.0. The second kappa shape index (κ2) is 5.71. The van der Waals surface area contributed by atoms with Crippen molar-refractivity contribution >= 4 is 18.5 Å². The Morgan fingerprint density at radius 1 is 1.37 bits per heavy atom. The Morgan fingerprint density at radius 2 is 2.00 bits per heavy atom. The number of hydrogen-bond donors (Lipinski definition) is 2. The Morgan fingerprint density at radius 3 is 2.58 bits per heavy atom. The van der Waals surface area contributed by atoms with Crippen LogP contribution in [0.1, 0.15) is 30.1 Å². The molecule has 1 fully saturated rings. The summed E-state index contributed by atoms with van der Waals surface area (Å²) in [5.74, 6) is -0.431. The largest absolute Gasteiger partial charge is 0.488 e. The number of hydrogen-bond acceptors (Lipinski definition) is 3. The minimum atomic E-state index is -1.70. The molecule has 0 radical (unpaired) electrons. The summed E-state index contributed by atoms with van der Waals surface area (Å²) in [6, 6.07) is 3.56. The summed E-state index contributed by atoms with van der Waals surface area (Å²) in [6.45, 7) is 3.36. The van der Waals surface area contributed by atoms with E-state index in [9.17, 15) is 9.18 Å². The number of piperidine rings is 1. The standard InChI is InChI=1S/C13H17BFNO3/c1-9-4-6-16(7-5-9)13(17)11-8-10(14(18)19)2-3-12(11)15/h2-3,8-9,18-19H,4-7H2,1H3. The van der Waals surface area contributed by atoms with Crippen molar-refractivity contribution in [3.8, 4) is 0 Å². The van der Waals surface area contributed by atoms with Gasteiger partial charge in [-0.2, -0.15) is 0 Å². The van der Waals surface area contributed by atoms with Gasteiger partial charge in [-0.25, -0.2) is 4.39 Å². The molecule has 2 N–H and O–H groups in total. The van der Waals surface area contributed by atoms with Gasteiger partial charge in [0.05, 0.1) is 5.56 Å². The average molecular weight is 265 g/mol. The number of likely N-dealkylation sites (tertiary alicyclic amines) is 1. The first-order valence-corrected chi connectivity index (χ1v) is 6.44. The first-order valence-electron chi connectivity index (χ1n) is 6.44. The van der Waals surface area contributed by atoms with Gasteiger partial charge >= 0.3 is 7.12 Å². The summed E-state index contributed by atoms with van der Waals surface area (Å²) in [5, 5.41) is 18.1. The Balaban J connectivity index is 2.20. The normalized spacial score (nSPS) is 16.5. The fourth-order valence-electron chi connectivity index (χ4n) is 2.25. The van der Waals surface area contributed by atoms with Gasteiger partial charge in [-0.05, 0) is 36.4 Å². The molecule has 0 unspecified atom stereocenters. The van der Waals surface area contributed by atoms with Crippen LogP contribution in [-0.4, -0.2) is 41.1 Å². The van der Waals surface area contributed by atoms with E-state index in [1.165, 1.54) is 12.1 Å². The molecular formula is C13H17BFNO3. The van der Waals surface area contributed by atoms with Gasteiger partial charge in [0.15, 0.2) is 0 Å². The van der Waals surface area contributed by atoms with Crippen LogP contribution >= 0.6 is 0 Å². The van der Waals surface area contributed by atoms with Crippen molar-refractivity contribution in [3.63, 3.8) is 0 Å². The zero-order valence-corrected chi connectivity index (χ0v) is 10.8. The van der Waals surface area contributed by atoms with Crippen molar-refractivity contribution in [2.45, 2.75) is 19.8 Å². The molecule has 0 aliphatic carbocycles. The number of carbonyl (C=O) groups excluding carboxylic acids is 1. The molecule has 0 saturated carbocycles. The van der Waals surface area contributed by atoms with Crippen LogP contribution < -0.4 is 5.46 Å². The minimum Gasteiger partial charge on any atom is -0.423 e. The molecule has 0 atom stereocenters. The second-order valence-corrected chi connectivity index (χ2v) is 5.09. The van der Waals surface area contributed by atoms with Gasteiger partial charge in [-0.1, -0.05) is 13.0 Å². The van der Waals surface area contributed by atoms with E-state index in [2.05, 4.69) is 6.92 Å². The van der Waals surface area contributed by atoms with Crippen molar-refractivity contribution in [2.24, 2.45) is 5.92 Å². The average Bonchev–Trinajstić information content (AvgIpc) is 2.39. The fraction of sp³-hybridized carbons (Fsp3) is 0.462. The van der Waals surface area contributed by atoms with Crippen molar-refractivity contribution < 1.29 is 19.2 Å². The molecule has 4 nitrogen and oxygen atoms in total. The molecule has 0 aromatic heterocycles. The number of rotatable bonds is 2. The van der Waals surface area contributed by atoms with Crippen LogP contribution in [0.2, 0.25) is 0 Å². The molecule has 1 aromatic carbocycles. The fourth-order valence-corrected chi connectivity index (χ4v) is 2.25. The predicted molar refractivity (Wildman–Crippen MR) is 70.5 cm³/mol. The smallest absolute Gasteiger partial charge is 0.423 e. The van der Waals surface area contributed by atoms with Crippen LogP contribution in [0.25, 0.3) is 0 Å². The maximum Gasteiger partial charge on any atom is 0.488 e.